The molecule has 1 aromatic rings. The predicted molar refractivity (Wildman–Crippen MR) is 103 cm³/mol. The van der Waals surface area contributed by atoms with Gasteiger partial charge in [0.25, 0.3) is 0 Å². The molecular weight excluding hydrogens is 336 g/mol. The van der Waals surface area contributed by atoms with Gasteiger partial charge in [-0.05, 0) is 56.7 Å². The molecule has 1 aliphatic rings. The van der Waals surface area contributed by atoms with Gasteiger partial charge >= 0.3 is 0 Å². The van der Waals surface area contributed by atoms with Gasteiger partial charge < -0.3 is 10.2 Å². The van der Waals surface area contributed by atoms with Crippen LogP contribution in [-0.4, -0.2) is 30.3 Å². The Hall–Kier alpha value is -1.55. The van der Waals surface area contributed by atoms with Crippen molar-refractivity contribution >= 4 is 29.1 Å². The van der Waals surface area contributed by atoms with Crippen molar-refractivity contribution in [2.45, 2.75) is 52.4 Å². The lowest BCUT2D eigenvalue weighted by Crippen LogP contribution is -2.37. The van der Waals surface area contributed by atoms with E-state index in [1.54, 1.807) is 6.07 Å². The smallest absolute Gasteiger partial charge is 0.227 e. The average molecular weight is 365 g/mol. The Kier molecular flexibility index (Phi) is 7.30. The topological polar surface area (TPSA) is 49.4 Å². The van der Waals surface area contributed by atoms with Gasteiger partial charge in [-0.1, -0.05) is 31.0 Å². The molecule has 0 saturated heterocycles. The molecule has 0 bridgehead atoms. The molecule has 1 N–H and O–H groups in total. The molecule has 1 saturated carbocycles. The molecule has 0 aromatic heterocycles. The average Bonchev–Trinajstić information content (AvgIpc) is 2.62. The lowest BCUT2D eigenvalue weighted by Gasteiger charge is -2.30. The third-order valence-electron chi connectivity index (χ3n) is 5.11. The summed E-state index contributed by atoms with van der Waals surface area (Å²) in [4.78, 5) is 26.8. The largest absolute Gasteiger partial charge is 0.346 e. The van der Waals surface area contributed by atoms with Crippen LogP contribution in [-0.2, 0) is 9.59 Å². The van der Waals surface area contributed by atoms with Crippen molar-refractivity contribution in [1.29, 1.82) is 0 Å². The van der Waals surface area contributed by atoms with E-state index in [0.29, 0.717) is 5.02 Å². The van der Waals surface area contributed by atoms with E-state index in [9.17, 15) is 9.59 Å². The van der Waals surface area contributed by atoms with Crippen LogP contribution in [0.5, 0.6) is 0 Å². The minimum absolute atomic E-state index is 0.0231. The maximum Gasteiger partial charge on any atom is 0.227 e. The highest BCUT2D eigenvalue weighted by atomic mass is 35.5. The lowest BCUT2D eigenvalue weighted by molar-refractivity contribution is -0.136. The number of aryl methyl sites for hydroxylation is 1. The fraction of sp³-hybridized carbons (Fsp3) is 0.600. The number of hydrogen-bond donors (Lipinski definition) is 1. The first kappa shape index (κ1) is 19.8. The van der Waals surface area contributed by atoms with E-state index in [4.69, 9.17) is 11.6 Å². The first-order chi connectivity index (χ1) is 11.9. The van der Waals surface area contributed by atoms with Crippen LogP contribution >= 0.6 is 11.6 Å². The van der Waals surface area contributed by atoms with Crippen LogP contribution in [0.4, 0.5) is 5.69 Å². The summed E-state index contributed by atoms with van der Waals surface area (Å²) >= 11 is 6.11. The minimum atomic E-state index is -0.0231. The second kappa shape index (κ2) is 9.23. The van der Waals surface area contributed by atoms with Crippen molar-refractivity contribution in [3.05, 3.63) is 28.8 Å². The number of rotatable bonds is 6. The Morgan fingerprint density at radius 1 is 1.20 bits per heavy atom. The van der Waals surface area contributed by atoms with Crippen LogP contribution < -0.4 is 5.32 Å². The molecule has 0 radical (unpaired) electrons. The molecule has 1 aromatic carbocycles. The highest BCUT2D eigenvalue weighted by molar-refractivity contribution is 6.31. The molecule has 4 nitrogen and oxygen atoms in total. The van der Waals surface area contributed by atoms with Crippen molar-refractivity contribution in [2.24, 2.45) is 11.8 Å². The van der Waals surface area contributed by atoms with Gasteiger partial charge in [-0.3, -0.25) is 9.59 Å². The Balaban J connectivity index is 1.83. The van der Waals surface area contributed by atoms with Gasteiger partial charge in [0, 0.05) is 36.1 Å². The zero-order chi connectivity index (χ0) is 18.4. The quantitative estimate of drug-likeness (QED) is 0.798. The summed E-state index contributed by atoms with van der Waals surface area (Å²) < 4.78 is 0. The van der Waals surface area contributed by atoms with Crippen LogP contribution in [0.25, 0.3) is 0 Å². The third kappa shape index (κ3) is 5.46. The Bertz CT molecular complexity index is 610. The summed E-state index contributed by atoms with van der Waals surface area (Å²) in [6.07, 6.45) is 5.25. The number of hydrogen-bond acceptors (Lipinski definition) is 2. The number of nitrogens with one attached hydrogen (secondary N) is 1. The third-order valence-corrected chi connectivity index (χ3v) is 5.52. The summed E-state index contributed by atoms with van der Waals surface area (Å²) in [6, 6.07) is 5.56. The van der Waals surface area contributed by atoms with E-state index in [0.717, 1.165) is 56.3 Å². The Morgan fingerprint density at radius 3 is 2.44 bits per heavy atom. The fourth-order valence-corrected chi connectivity index (χ4v) is 3.52. The van der Waals surface area contributed by atoms with Crippen LogP contribution in [0, 0.1) is 18.8 Å². The summed E-state index contributed by atoms with van der Waals surface area (Å²) in [7, 11) is 1.89. The van der Waals surface area contributed by atoms with Gasteiger partial charge in [0.2, 0.25) is 11.8 Å². The van der Waals surface area contributed by atoms with E-state index in [2.05, 4.69) is 12.2 Å². The maximum atomic E-state index is 12.5. The van der Waals surface area contributed by atoms with Gasteiger partial charge in [-0.25, -0.2) is 0 Å². The van der Waals surface area contributed by atoms with E-state index in [1.807, 2.05) is 31.0 Å². The normalized spacial score (nSPS) is 20.2. The van der Waals surface area contributed by atoms with Gasteiger partial charge in [0.1, 0.15) is 0 Å². The van der Waals surface area contributed by atoms with E-state index in [1.165, 1.54) is 0 Å². The number of unbranched alkanes of at least 4 members (excludes halogenated alkanes) is 1. The van der Waals surface area contributed by atoms with Crippen LogP contribution in [0.3, 0.4) is 0 Å². The number of carbonyl (C=O) groups excluding carboxylic acids is 2. The molecule has 0 aliphatic heterocycles. The molecule has 2 rings (SSSR count). The van der Waals surface area contributed by atoms with Gasteiger partial charge in [0.15, 0.2) is 0 Å². The molecule has 0 heterocycles. The number of benzene rings is 1. The molecule has 0 spiro atoms. The van der Waals surface area contributed by atoms with Crippen molar-refractivity contribution < 1.29 is 9.59 Å². The first-order valence-corrected chi connectivity index (χ1v) is 9.62. The number of amides is 2. The summed E-state index contributed by atoms with van der Waals surface area (Å²) in [6.45, 7) is 4.89. The number of halogens is 1. The number of carbonyl (C=O) groups is 2. The molecule has 5 heteroatoms. The molecule has 25 heavy (non-hydrogen) atoms. The fourth-order valence-electron chi connectivity index (χ4n) is 3.33. The van der Waals surface area contributed by atoms with Crippen molar-refractivity contribution in [3.8, 4) is 0 Å². The number of nitrogens with zero attached hydrogens (tertiary/aromatic N) is 1. The Morgan fingerprint density at radius 2 is 1.84 bits per heavy atom. The predicted octanol–water partition coefficient (Wildman–Crippen LogP) is 4.65. The highest BCUT2D eigenvalue weighted by Crippen LogP contribution is 2.31. The monoisotopic (exact) mass is 364 g/mol. The summed E-state index contributed by atoms with van der Waals surface area (Å²) in [5.41, 5.74) is 1.73. The van der Waals surface area contributed by atoms with Crippen LogP contribution in [0.2, 0.25) is 5.02 Å². The van der Waals surface area contributed by atoms with E-state index < -0.39 is 0 Å². The van der Waals surface area contributed by atoms with E-state index in [-0.39, 0.29) is 23.7 Å². The zero-order valence-corrected chi connectivity index (χ0v) is 16.2. The molecule has 0 atom stereocenters. The summed E-state index contributed by atoms with van der Waals surface area (Å²) in [5.74, 6) is 0.313. The molecule has 1 aliphatic carbocycles. The molecule has 138 valence electrons. The van der Waals surface area contributed by atoms with Crippen LogP contribution in [0.1, 0.15) is 51.0 Å². The molecule has 1 fully saturated rings. The SMILES string of the molecule is CCCCN(C)C(=O)C1CCC(C(=O)Nc2ccc(C)c(Cl)c2)CC1. The maximum absolute atomic E-state index is 12.5. The second-order valence-corrected chi connectivity index (χ2v) is 7.52. The van der Waals surface area contributed by atoms with Crippen molar-refractivity contribution in [3.63, 3.8) is 0 Å². The molecular formula is C20H29ClN2O2. The molecule has 0 unspecified atom stereocenters. The van der Waals surface area contributed by atoms with Gasteiger partial charge in [-0.15, -0.1) is 0 Å². The first-order valence-electron chi connectivity index (χ1n) is 9.24. The molecule has 2 amide bonds. The van der Waals surface area contributed by atoms with Gasteiger partial charge in [-0.2, -0.15) is 0 Å². The van der Waals surface area contributed by atoms with Crippen molar-refractivity contribution in [2.75, 3.05) is 18.9 Å². The summed E-state index contributed by atoms with van der Waals surface area (Å²) in [5, 5.41) is 3.61. The minimum Gasteiger partial charge on any atom is -0.346 e. The zero-order valence-electron chi connectivity index (χ0n) is 15.5. The highest BCUT2D eigenvalue weighted by Gasteiger charge is 2.31. The van der Waals surface area contributed by atoms with Gasteiger partial charge in [0.05, 0.1) is 0 Å². The van der Waals surface area contributed by atoms with Crippen molar-refractivity contribution in [1.82, 2.24) is 4.90 Å². The standard InChI is InChI=1S/C20H29ClN2O2/c1-4-5-12-23(3)20(25)16-9-7-15(8-10-16)19(24)22-17-11-6-14(2)18(21)13-17/h6,11,13,15-16H,4-5,7-10,12H2,1-3H3,(H,22,24). The van der Waals surface area contributed by atoms with Crippen LogP contribution in [0.15, 0.2) is 18.2 Å². The van der Waals surface area contributed by atoms with E-state index >= 15 is 0 Å². The lowest BCUT2D eigenvalue weighted by atomic mass is 9.81. The Labute approximate surface area is 155 Å². The second-order valence-electron chi connectivity index (χ2n) is 7.12. The number of anilines is 1.